The van der Waals surface area contributed by atoms with Crippen LogP contribution in [0.5, 0.6) is 0 Å². The van der Waals surface area contributed by atoms with Crippen molar-refractivity contribution in [2.24, 2.45) is 0 Å². The van der Waals surface area contributed by atoms with Crippen molar-refractivity contribution in [2.45, 2.75) is 15.6 Å². The summed E-state index contributed by atoms with van der Waals surface area (Å²) in [6.45, 7) is 2.04. The Hall–Kier alpha value is -1.59. The van der Waals surface area contributed by atoms with E-state index < -0.39 is 5.97 Å². The molecule has 0 aliphatic heterocycles. The van der Waals surface area contributed by atoms with E-state index in [0.717, 1.165) is 14.4 Å². The summed E-state index contributed by atoms with van der Waals surface area (Å²) < 4.78 is 6.53. The maximum absolute atomic E-state index is 12.4. The Morgan fingerprint density at radius 3 is 2.59 bits per heavy atom. The lowest BCUT2D eigenvalue weighted by atomic mass is 10.0. The molecule has 0 aliphatic carbocycles. The molecule has 0 saturated carbocycles. The summed E-state index contributed by atoms with van der Waals surface area (Å²) in [7, 11) is 1.30. The zero-order chi connectivity index (χ0) is 20.8. The number of carbonyl (C=O) groups excluding carboxylic acids is 2. The van der Waals surface area contributed by atoms with Crippen molar-refractivity contribution in [2.75, 3.05) is 23.9 Å². The smallest absolute Gasteiger partial charge is 0.341 e. The van der Waals surface area contributed by atoms with Crippen LogP contribution in [0.2, 0.25) is 5.02 Å². The van der Waals surface area contributed by atoms with Gasteiger partial charge in [-0.1, -0.05) is 71.6 Å². The summed E-state index contributed by atoms with van der Waals surface area (Å²) in [5, 5.41) is 13.7. The van der Waals surface area contributed by atoms with E-state index in [1.807, 2.05) is 25.1 Å². The maximum Gasteiger partial charge on any atom is 0.341 e. The number of thioether (sulfide) groups is 2. The normalized spacial score (nSPS) is 10.7. The second-order valence-electron chi connectivity index (χ2n) is 5.43. The van der Waals surface area contributed by atoms with Gasteiger partial charge in [-0.05, 0) is 11.8 Å². The van der Waals surface area contributed by atoms with Crippen molar-refractivity contribution in [3.63, 3.8) is 0 Å². The Balaban J connectivity index is 1.75. The van der Waals surface area contributed by atoms with Crippen LogP contribution in [0.1, 0.15) is 17.3 Å². The molecule has 0 spiro atoms. The van der Waals surface area contributed by atoms with Gasteiger partial charge < -0.3 is 10.1 Å². The second kappa shape index (κ2) is 10.4. The minimum atomic E-state index is -0.533. The molecule has 1 aromatic carbocycles. The number of anilines is 1. The van der Waals surface area contributed by atoms with E-state index in [1.165, 1.54) is 41.5 Å². The van der Waals surface area contributed by atoms with Gasteiger partial charge in [-0.15, -0.1) is 21.5 Å². The van der Waals surface area contributed by atoms with Gasteiger partial charge in [0.25, 0.3) is 0 Å². The van der Waals surface area contributed by atoms with Gasteiger partial charge in [-0.3, -0.25) is 4.79 Å². The fraction of sp³-hybridized carbons (Fsp3) is 0.222. The molecule has 11 heteroatoms. The molecule has 29 heavy (non-hydrogen) atoms. The van der Waals surface area contributed by atoms with Crippen LogP contribution in [-0.4, -0.2) is 40.7 Å². The van der Waals surface area contributed by atoms with Gasteiger partial charge in [0.05, 0.1) is 12.9 Å². The average molecular weight is 486 g/mol. The van der Waals surface area contributed by atoms with E-state index >= 15 is 0 Å². The van der Waals surface area contributed by atoms with Crippen LogP contribution in [0.25, 0.3) is 11.1 Å². The van der Waals surface area contributed by atoms with Crippen molar-refractivity contribution in [3.8, 4) is 11.1 Å². The lowest BCUT2D eigenvalue weighted by Crippen LogP contribution is -2.16. The third kappa shape index (κ3) is 5.52. The Kier molecular flexibility index (Phi) is 7.96. The van der Waals surface area contributed by atoms with E-state index in [0.29, 0.717) is 26.7 Å². The molecule has 6 nitrogen and oxygen atoms in total. The first-order chi connectivity index (χ1) is 14.0. The number of aromatic nitrogens is 2. The first-order valence-corrected chi connectivity index (χ1v) is 12.4. The molecular weight excluding hydrogens is 470 g/mol. The van der Waals surface area contributed by atoms with Crippen molar-refractivity contribution in [1.29, 1.82) is 0 Å². The van der Waals surface area contributed by atoms with Crippen molar-refractivity contribution < 1.29 is 14.3 Å². The number of methoxy groups -OCH3 is 1. The number of nitrogens with zero attached hydrogens (tertiary/aromatic N) is 2. The van der Waals surface area contributed by atoms with Crippen LogP contribution in [-0.2, 0) is 9.53 Å². The molecule has 0 aliphatic rings. The van der Waals surface area contributed by atoms with Crippen LogP contribution < -0.4 is 5.32 Å². The van der Waals surface area contributed by atoms with Crippen molar-refractivity contribution >= 4 is 74.7 Å². The summed E-state index contributed by atoms with van der Waals surface area (Å²) in [5.41, 5.74) is 1.62. The molecule has 3 rings (SSSR count). The third-order valence-corrected chi connectivity index (χ3v) is 7.88. The molecule has 0 unspecified atom stereocenters. The summed E-state index contributed by atoms with van der Waals surface area (Å²) in [6.07, 6.45) is 0. The zero-order valence-corrected chi connectivity index (χ0v) is 19.5. The number of amides is 1. The Morgan fingerprint density at radius 2 is 1.90 bits per heavy atom. The molecule has 0 saturated heterocycles. The van der Waals surface area contributed by atoms with Crippen LogP contribution in [0, 0.1) is 0 Å². The largest absolute Gasteiger partial charge is 0.465 e. The molecular formula is C18H16ClN3O3S4. The van der Waals surface area contributed by atoms with Crippen molar-refractivity contribution in [3.05, 3.63) is 40.2 Å². The standard InChI is InChI=1S/C18H16ClN3O3S4/c1-3-26-17-21-22-18(29-17)28-9-13(23)20-15-14(16(24)25-2)11(8-27-15)10-6-4-5-7-12(10)19/h4-8H,3,9H2,1-2H3,(H,20,23). The van der Waals surface area contributed by atoms with Gasteiger partial charge in [0, 0.05) is 21.5 Å². The number of carbonyl (C=O) groups is 2. The Labute approximate surface area is 189 Å². The van der Waals surface area contributed by atoms with Gasteiger partial charge in [0.2, 0.25) is 5.91 Å². The van der Waals surface area contributed by atoms with Crippen LogP contribution in [0.15, 0.2) is 38.3 Å². The fourth-order valence-electron chi connectivity index (χ4n) is 2.36. The van der Waals surface area contributed by atoms with Crippen LogP contribution >= 0.6 is 57.8 Å². The van der Waals surface area contributed by atoms with Gasteiger partial charge in [0.15, 0.2) is 8.68 Å². The Morgan fingerprint density at radius 1 is 1.17 bits per heavy atom. The number of rotatable bonds is 8. The molecule has 3 aromatic rings. The highest BCUT2D eigenvalue weighted by Gasteiger charge is 2.23. The molecule has 152 valence electrons. The summed E-state index contributed by atoms with van der Waals surface area (Å²) in [6, 6.07) is 7.22. The Bertz CT molecular complexity index is 1020. The maximum atomic E-state index is 12.4. The van der Waals surface area contributed by atoms with Crippen LogP contribution in [0.3, 0.4) is 0 Å². The molecule has 0 radical (unpaired) electrons. The van der Waals surface area contributed by atoms with Gasteiger partial charge in [-0.2, -0.15) is 0 Å². The first-order valence-electron chi connectivity index (χ1n) is 8.37. The summed E-state index contributed by atoms with van der Waals surface area (Å²) in [5.74, 6) is 0.301. The molecule has 2 aromatic heterocycles. The van der Waals surface area contributed by atoms with Gasteiger partial charge >= 0.3 is 5.97 Å². The first kappa shape index (κ1) is 22.1. The van der Waals surface area contributed by atoms with E-state index in [1.54, 1.807) is 23.2 Å². The predicted molar refractivity (Wildman–Crippen MR) is 122 cm³/mol. The number of halogens is 1. The molecule has 1 N–H and O–H groups in total. The third-order valence-electron chi connectivity index (χ3n) is 3.58. The van der Waals surface area contributed by atoms with E-state index in [-0.39, 0.29) is 11.7 Å². The lowest BCUT2D eigenvalue weighted by molar-refractivity contribution is -0.113. The number of hydrogen-bond acceptors (Lipinski definition) is 9. The molecule has 0 fully saturated rings. The summed E-state index contributed by atoms with van der Waals surface area (Å²) in [4.78, 5) is 24.8. The average Bonchev–Trinajstić information content (AvgIpc) is 3.33. The second-order valence-corrected chi connectivity index (χ2v) is 10.4. The number of thiophene rings is 1. The van der Waals surface area contributed by atoms with Gasteiger partial charge in [0.1, 0.15) is 10.6 Å². The highest BCUT2D eigenvalue weighted by Crippen LogP contribution is 2.39. The molecule has 0 atom stereocenters. The number of benzene rings is 1. The van der Waals surface area contributed by atoms with E-state index in [2.05, 4.69) is 15.5 Å². The quantitative estimate of drug-likeness (QED) is 0.331. The lowest BCUT2D eigenvalue weighted by Gasteiger charge is -2.08. The number of nitrogens with one attached hydrogen (secondary N) is 1. The topological polar surface area (TPSA) is 81.2 Å². The SMILES string of the molecule is CCSc1nnc(SCC(=O)Nc2scc(-c3ccccc3Cl)c2C(=O)OC)s1. The molecule has 0 bridgehead atoms. The highest BCUT2D eigenvalue weighted by atomic mass is 35.5. The van der Waals surface area contributed by atoms with Crippen LogP contribution in [0.4, 0.5) is 5.00 Å². The predicted octanol–water partition coefficient (Wildman–Crippen LogP) is 5.55. The number of esters is 1. The molecule has 2 heterocycles. The van der Waals surface area contributed by atoms with Crippen molar-refractivity contribution in [1.82, 2.24) is 10.2 Å². The van der Waals surface area contributed by atoms with E-state index in [4.69, 9.17) is 16.3 Å². The number of ether oxygens (including phenoxy) is 1. The monoisotopic (exact) mass is 485 g/mol. The summed E-state index contributed by atoms with van der Waals surface area (Å²) >= 11 is 11.9. The number of hydrogen-bond donors (Lipinski definition) is 1. The highest BCUT2D eigenvalue weighted by molar-refractivity contribution is 8.03. The van der Waals surface area contributed by atoms with E-state index in [9.17, 15) is 9.59 Å². The fourth-order valence-corrected chi connectivity index (χ4v) is 6.28. The van der Waals surface area contributed by atoms with Gasteiger partial charge in [-0.25, -0.2) is 4.79 Å². The minimum absolute atomic E-state index is 0.158. The zero-order valence-electron chi connectivity index (χ0n) is 15.4. The molecule has 1 amide bonds. The minimum Gasteiger partial charge on any atom is -0.465 e.